The smallest absolute Gasteiger partial charge is 0.319 e. The lowest BCUT2D eigenvalue weighted by atomic mass is 9.97. The quantitative estimate of drug-likeness (QED) is 0.693. The first-order chi connectivity index (χ1) is 12.0. The molecular formula is C17H25FN4O3. The highest BCUT2D eigenvalue weighted by Gasteiger charge is 2.23. The molecule has 1 aromatic carbocycles. The number of carbonyl (C=O) groups is 2. The molecule has 0 bridgehead atoms. The van der Waals surface area contributed by atoms with Gasteiger partial charge in [-0.05, 0) is 38.4 Å². The molecule has 1 aliphatic heterocycles. The Bertz CT molecular complexity index is 612. The summed E-state index contributed by atoms with van der Waals surface area (Å²) < 4.78 is 19.1. The van der Waals surface area contributed by atoms with Crippen LogP contribution in [0.15, 0.2) is 18.2 Å². The standard InChI is InChI=1S/C17H25FN4O3/c1-2-25-13-5-6-15(14(18)10-13)21-17(24)20-7-9-22-8-3-4-12(11-22)16(19)23/h5-6,10,12H,2-4,7-9,11H2,1H3,(H2,19,23)(H2,20,21,24). The molecule has 7 nitrogen and oxygen atoms in total. The molecule has 0 aliphatic carbocycles. The number of nitrogens with two attached hydrogens (primary N) is 1. The normalized spacial score (nSPS) is 17.8. The summed E-state index contributed by atoms with van der Waals surface area (Å²) in [5.41, 5.74) is 5.44. The topological polar surface area (TPSA) is 96.7 Å². The molecule has 8 heteroatoms. The zero-order valence-electron chi connectivity index (χ0n) is 14.4. The number of likely N-dealkylation sites (tertiary alicyclic amines) is 1. The molecule has 0 aromatic heterocycles. The van der Waals surface area contributed by atoms with Crippen molar-refractivity contribution >= 4 is 17.6 Å². The second-order valence-electron chi connectivity index (χ2n) is 6.00. The minimum Gasteiger partial charge on any atom is -0.494 e. The Labute approximate surface area is 146 Å². The number of anilines is 1. The summed E-state index contributed by atoms with van der Waals surface area (Å²) in [4.78, 5) is 25.2. The van der Waals surface area contributed by atoms with Crippen LogP contribution >= 0.6 is 0 Å². The molecule has 138 valence electrons. The fraction of sp³-hybridized carbons (Fsp3) is 0.529. The molecule has 3 amide bonds. The molecule has 0 spiro atoms. The number of ether oxygens (including phenoxy) is 1. The molecule has 4 N–H and O–H groups in total. The zero-order valence-corrected chi connectivity index (χ0v) is 14.4. The van der Waals surface area contributed by atoms with Crippen molar-refractivity contribution in [2.75, 3.05) is 38.1 Å². The van der Waals surface area contributed by atoms with Gasteiger partial charge in [0.05, 0.1) is 18.2 Å². The summed E-state index contributed by atoms with van der Waals surface area (Å²) in [7, 11) is 0. The molecule has 0 radical (unpaired) electrons. The van der Waals surface area contributed by atoms with E-state index in [2.05, 4.69) is 15.5 Å². The minimum absolute atomic E-state index is 0.0905. The van der Waals surface area contributed by atoms with E-state index in [0.29, 0.717) is 32.0 Å². The van der Waals surface area contributed by atoms with Crippen molar-refractivity contribution in [1.29, 1.82) is 0 Å². The third-order valence-corrected chi connectivity index (χ3v) is 4.12. The van der Waals surface area contributed by atoms with Crippen LogP contribution in [0.2, 0.25) is 0 Å². The highest BCUT2D eigenvalue weighted by atomic mass is 19.1. The number of amides is 3. The largest absolute Gasteiger partial charge is 0.494 e. The lowest BCUT2D eigenvalue weighted by molar-refractivity contribution is -0.123. The van der Waals surface area contributed by atoms with Crippen LogP contribution in [-0.4, -0.2) is 49.6 Å². The van der Waals surface area contributed by atoms with Gasteiger partial charge in [-0.3, -0.25) is 4.79 Å². The predicted molar refractivity (Wildman–Crippen MR) is 92.9 cm³/mol. The van der Waals surface area contributed by atoms with E-state index >= 15 is 0 Å². The maximum atomic E-state index is 13.9. The van der Waals surface area contributed by atoms with Crippen LogP contribution in [0, 0.1) is 11.7 Å². The van der Waals surface area contributed by atoms with Crippen molar-refractivity contribution in [1.82, 2.24) is 10.2 Å². The Kier molecular flexibility index (Phi) is 7.00. The first kappa shape index (κ1) is 19.0. The zero-order chi connectivity index (χ0) is 18.2. The number of carbonyl (C=O) groups excluding carboxylic acids is 2. The van der Waals surface area contributed by atoms with Gasteiger partial charge in [-0.2, -0.15) is 0 Å². The van der Waals surface area contributed by atoms with Gasteiger partial charge in [0, 0.05) is 25.7 Å². The number of hydrogen-bond donors (Lipinski definition) is 3. The Morgan fingerprint density at radius 3 is 2.92 bits per heavy atom. The van der Waals surface area contributed by atoms with Gasteiger partial charge < -0.3 is 26.0 Å². The van der Waals surface area contributed by atoms with E-state index in [-0.39, 0.29) is 17.5 Å². The number of rotatable bonds is 7. The molecule has 1 atom stereocenters. The van der Waals surface area contributed by atoms with Crippen LogP contribution in [0.5, 0.6) is 5.75 Å². The van der Waals surface area contributed by atoms with Crippen molar-refractivity contribution in [2.45, 2.75) is 19.8 Å². The van der Waals surface area contributed by atoms with E-state index in [1.54, 1.807) is 6.07 Å². The fourth-order valence-corrected chi connectivity index (χ4v) is 2.84. The molecule has 1 unspecified atom stereocenters. The molecule has 1 aliphatic rings. The third-order valence-electron chi connectivity index (χ3n) is 4.12. The summed E-state index contributed by atoms with van der Waals surface area (Å²) >= 11 is 0. The molecule has 1 aromatic rings. The van der Waals surface area contributed by atoms with E-state index in [4.69, 9.17) is 10.5 Å². The maximum absolute atomic E-state index is 13.9. The third kappa shape index (κ3) is 5.90. The second-order valence-corrected chi connectivity index (χ2v) is 6.00. The fourth-order valence-electron chi connectivity index (χ4n) is 2.84. The lowest BCUT2D eigenvalue weighted by Crippen LogP contribution is -2.44. The summed E-state index contributed by atoms with van der Waals surface area (Å²) in [6, 6.07) is 3.81. The van der Waals surface area contributed by atoms with Crippen molar-refractivity contribution < 1.29 is 18.7 Å². The van der Waals surface area contributed by atoms with Gasteiger partial charge in [-0.25, -0.2) is 9.18 Å². The summed E-state index contributed by atoms with van der Waals surface area (Å²) in [5, 5.41) is 5.15. The number of urea groups is 1. The Hall–Kier alpha value is -2.35. The molecule has 1 heterocycles. The number of nitrogens with one attached hydrogen (secondary N) is 2. The van der Waals surface area contributed by atoms with Crippen LogP contribution in [0.3, 0.4) is 0 Å². The first-order valence-electron chi connectivity index (χ1n) is 8.48. The van der Waals surface area contributed by atoms with Crippen molar-refractivity contribution in [3.05, 3.63) is 24.0 Å². The van der Waals surface area contributed by atoms with E-state index in [0.717, 1.165) is 19.4 Å². The molecule has 1 saturated heterocycles. The van der Waals surface area contributed by atoms with E-state index in [9.17, 15) is 14.0 Å². The molecule has 0 saturated carbocycles. The number of nitrogens with zero attached hydrogens (tertiary/aromatic N) is 1. The summed E-state index contributed by atoms with van der Waals surface area (Å²) in [6.07, 6.45) is 1.73. The lowest BCUT2D eigenvalue weighted by Gasteiger charge is -2.31. The SMILES string of the molecule is CCOc1ccc(NC(=O)NCCN2CCCC(C(N)=O)C2)c(F)c1. The van der Waals surface area contributed by atoms with Gasteiger partial charge in [-0.15, -0.1) is 0 Å². The highest BCUT2D eigenvalue weighted by Crippen LogP contribution is 2.20. The Morgan fingerprint density at radius 1 is 1.44 bits per heavy atom. The minimum atomic E-state index is -0.554. The van der Waals surface area contributed by atoms with Gasteiger partial charge in [0.1, 0.15) is 11.6 Å². The Morgan fingerprint density at radius 2 is 2.24 bits per heavy atom. The highest BCUT2D eigenvalue weighted by molar-refractivity contribution is 5.89. The van der Waals surface area contributed by atoms with Crippen molar-refractivity contribution in [3.8, 4) is 5.75 Å². The first-order valence-corrected chi connectivity index (χ1v) is 8.48. The number of halogens is 1. The van der Waals surface area contributed by atoms with Crippen LogP contribution in [0.4, 0.5) is 14.9 Å². The van der Waals surface area contributed by atoms with Crippen LogP contribution < -0.4 is 21.1 Å². The van der Waals surface area contributed by atoms with Gasteiger partial charge in [0.25, 0.3) is 0 Å². The second kappa shape index (κ2) is 9.22. The number of primary amides is 1. The molecular weight excluding hydrogens is 327 g/mol. The van der Waals surface area contributed by atoms with Crippen molar-refractivity contribution in [3.63, 3.8) is 0 Å². The molecule has 2 rings (SSSR count). The maximum Gasteiger partial charge on any atom is 0.319 e. The summed E-state index contributed by atoms with van der Waals surface area (Å²) in [6.45, 7) is 4.76. The Balaban J connectivity index is 1.74. The number of benzene rings is 1. The van der Waals surface area contributed by atoms with E-state index in [1.165, 1.54) is 12.1 Å². The predicted octanol–water partition coefficient (Wildman–Crippen LogP) is 1.54. The number of piperidine rings is 1. The summed E-state index contributed by atoms with van der Waals surface area (Å²) in [5.74, 6) is -0.539. The average Bonchev–Trinajstić information content (AvgIpc) is 2.58. The van der Waals surface area contributed by atoms with E-state index < -0.39 is 11.8 Å². The molecule has 25 heavy (non-hydrogen) atoms. The van der Waals surface area contributed by atoms with Crippen LogP contribution in [0.1, 0.15) is 19.8 Å². The van der Waals surface area contributed by atoms with Gasteiger partial charge in [0.15, 0.2) is 0 Å². The van der Waals surface area contributed by atoms with Gasteiger partial charge in [-0.1, -0.05) is 0 Å². The van der Waals surface area contributed by atoms with Gasteiger partial charge >= 0.3 is 6.03 Å². The molecule has 1 fully saturated rings. The van der Waals surface area contributed by atoms with E-state index in [1.807, 2.05) is 6.92 Å². The van der Waals surface area contributed by atoms with Crippen molar-refractivity contribution in [2.24, 2.45) is 11.7 Å². The van der Waals surface area contributed by atoms with Gasteiger partial charge in [0.2, 0.25) is 5.91 Å². The average molecular weight is 352 g/mol. The van der Waals surface area contributed by atoms with Crippen LogP contribution in [0.25, 0.3) is 0 Å². The monoisotopic (exact) mass is 352 g/mol. The van der Waals surface area contributed by atoms with Crippen LogP contribution in [-0.2, 0) is 4.79 Å². The number of hydrogen-bond acceptors (Lipinski definition) is 4.